The van der Waals surface area contributed by atoms with Crippen molar-refractivity contribution >= 4 is 5.69 Å². The van der Waals surface area contributed by atoms with Crippen LogP contribution in [-0.4, -0.2) is 17.6 Å². The fraction of sp³-hybridized carbons (Fsp3) is 0.333. The molecule has 0 radical (unpaired) electrons. The van der Waals surface area contributed by atoms with Crippen molar-refractivity contribution in [2.45, 2.75) is 12.5 Å². The minimum atomic E-state index is -0.349. The summed E-state index contributed by atoms with van der Waals surface area (Å²) in [7, 11) is 0. The van der Waals surface area contributed by atoms with E-state index in [1.165, 1.54) is 6.07 Å². The third-order valence-electron chi connectivity index (χ3n) is 2.04. The molecule has 1 saturated heterocycles. The summed E-state index contributed by atoms with van der Waals surface area (Å²) in [5, 5.41) is 10.6. The second kappa shape index (κ2) is 3.14. The predicted octanol–water partition coefficient (Wildman–Crippen LogP) is 1.54. The van der Waals surface area contributed by atoms with Crippen LogP contribution in [0.15, 0.2) is 24.3 Å². The van der Waals surface area contributed by atoms with Gasteiger partial charge in [-0.05, 0) is 0 Å². The average molecular weight is 179 g/mol. The van der Waals surface area contributed by atoms with Gasteiger partial charge >= 0.3 is 0 Å². The van der Waals surface area contributed by atoms with Crippen molar-refractivity contribution in [1.29, 1.82) is 0 Å². The maximum Gasteiger partial charge on any atom is 0.272 e. The van der Waals surface area contributed by atoms with Gasteiger partial charge in [-0.2, -0.15) is 0 Å². The molecule has 1 aliphatic heterocycles. The minimum Gasteiger partial charge on any atom is -0.373 e. The zero-order valence-corrected chi connectivity index (χ0v) is 6.97. The van der Waals surface area contributed by atoms with E-state index in [4.69, 9.17) is 4.74 Å². The summed E-state index contributed by atoms with van der Waals surface area (Å²) in [5.41, 5.74) is 0.952. The molecule has 1 aliphatic rings. The van der Waals surface area contributed by atoms with Gasteiger partial charge in [0.25, 0.3) is 5.69 Å². The monoisotopic (exact) mass is 179 g/mol. The second-order valence-electron chi connectivity index (χ2n) is 3.05. The Morgan fingerprint density at radius 3 is 2.85 bits per heavy atom. The standard InChI is InChI=1S/C9H9NO3/c11-10(12)9-4-2-1-3-7(9)5-8-6-13-8/h1-4,8H,5-6H2. The molecule has 1 atom stereocenters. The molecule has 68 valence electrons. The topological polar surface area (TPSA) is 55.7 Å². The molecule has 1 unspecified atom stereocenters. The fourth-order valence-corrected chi connectivity index (χ4v) is 1.29. The Morgan fingerprint density at radius 2 is 2.23 bits per heavy atom. The number of rotatable bonds is 3. The first kappa shape index (κ1) is 8.19. The highest BCUT2D eigenvalue weighted by Crippen LogP contribution is 2.23. The van der Waals surface area contributed by atoms with Gasteiger partial charge in [-0.3, -0.25) is 10.1 Å². The van der Waals surface area contributed by atoms with Crippen LogP contribution in [0.5, 0.6) is 0 Å². The summed E-state index contributed by atoms with van der Waals surface area (Å²) in [6.45, 7) is 0.728. The molecule has 1 aromatic rings. The van der Waals surface area contributed by atoms with E-state index in [1.807, 2.05) is 6.07 Å². The molecule has 0 amide bonds. The Balaban J connectivity index is 2.25. The van der Waals surface area contributed by atoms with Crippen LogP contribution in [0.2, 0.25) is 0 Å². The van der Waals surface area contributed by atoms with Crippen LogP contribution in [0.4, 0.5) is 5.69 Å². The molecule has 0 bridgehead atoms. The molecule has 0 aliphatic carbocycles. The lowest BCUT2D eigenvalue weighted by atomic mass is 10.1. The van der Waals surface area contributed by atoms with Crippen LogP contribution in [0.3, 0.4) is 0 Å². The molecule has 1 heterocycles. The SMILES string of the molecule is O=[N+]([O-])c1ccccc1CC1CO1. The largest absolute Gasteiger partial charge is 0.373 e. The number of benzene rings is 1. The number of nitro benzene ring substituents is 1. The molecule has 0 N–H and O–H groups in total. The number of hydrogen-bond acceptors (Lipinski definition) is 3. The van der Waals surface area contributed by atoms with E-state index in [-0.39, 0.29) is 16.7 Å². The quantitative estimate of drug-likeness (QED) is 0.401. The summed E-state index contributed by atoms with van der Waals surface area (Å²) in [6, 6.07) is 6.79. The normalized spacial score (nSPS) is 19.8. The third-order valence-corrected chi connectivity index (χ3v) is 2.04. The van der Waals surface area contributed by atoms with Crippen molar-refractivity contribution in [3.05, 3.63) is 39.9 Å². The molecule has 0 aromatic heterocycles. The van der Waals surface area contributed by atoms with Crippen LogP contribution in [0.1, 0.15) is 5.56 Å². The smallest absolute Gasteiger partial charge is 0.272 e. The van der Waals surface area contributed by atoms with E-state index in [2.05, 4.69) is 0 Å². The number of nitrogens with zero attached hydrogens (tertiary/aromatic N) is 1. The number of hydrogen-bond donors (Lipinski definition) is 0. The maximum absolute atomic E-state index is 10.6. The Bertz CT molecular complexity index is 333. The van der Waals surface area contributed by atoms with Crippen LogP contribution in [0.25, 0.3) is 0 Å². The van der Waals surface area contributed by atoms with Crippen molar-refractivity contribution in [2.75, 3.05) is 6.61 Å². The Hall–Kier alpha value is -1.42. The predicted molar refractivity (Wildman–Crippen MR) is 46.5 cm³/mol. The lowest BCUT2D eigenvalue weighted by molar-refractivity contribution is -0.385. The van der Waals surface area contributed by atoms with Gasteiger partial charge in [0.2, 0.25) is 0 Å². The van der Waals surface area contributed by atoms with Crippen LogP contribution in [0, 0.1) is 10.1 Å². The number of epoxide rings is 1. The van der Waals surface area contributed by atoms with Gasteiger partial charge in [0.05, 0.1) is 17.6 Å². The first-order valence-corrected chi connectivity index (χ1v) is 4.11. The van der Waals surface area contributed by atoms with Crippen LogP contribution < -0.4 is 0 Å². The molecule has 1 fully saturated rings. The summed E-state index contributed by atoms with van der Waals surface area (Å²) in [4.78, 5) is 10.2. The second-order valence-corrected chi connectivity index (χ2v) is 3.05. The van der Waals surface area contributed by atoms with Gasteiger partial charge in [-0.25, -0.2) is 0 Å². The highest BCUT2D eigenvalue weighted by atomic mass is 16.6. The molecule has 1 aromatic carbocycles. The molecular weight excluding hydrogens is 170 g/mol. The molecular formula is C9H9NO3. The van der Waals surface area contributed by atoms with Gasteiger partial charge in [0, 0.05) is 18.1 Å². The maximum atomic E-state index is 10.6. The minimum absolute atomic E-state index is 0.193. The molecule has 4 nitrogen and oxygen atoms in total. The molecule has 4 heteroatoms. The van der Waals surface area contributed by atoms with Crippen molar-refractivity contribution in [2.24, 2.45) is 0 Å². The first-order valence-electron chi connectivity index (χ1n) is 4.11. The number of nitro groups is 1. The van der Waals surface area contributed by atoms with Gasteiger partial charge in [0.15, 0.2) is 0 Å². The van der Waals surface area contributed by atoms with E-state index in [9.17, 15) is 10.1 Å². The van der Waals surface area contributed by atoms with Crippen LogP contribution >= 0.6 is 0 Å². The summed E-state index contributed by atoms with van der Waals surface area (Å²) >= 11 is 0. The van der Waals surface area contributed by atoms with E-state index in [1.54, 1.807) is 12.1 Å². The van der Waals surface area contributed by atoms with Crippen molar-refractivity contribution in [3.8, 4) is 0 Å². The van der Waals surface area contributed by atoms with Crippen molar-refractivity contribution < 1.29 is 9.66 Å². The number of para-hydroxylation sites is 1. The van der Waals surface area contributed by atoms with E-state index in [0.29, 0.717) is 6.42 Å². The Morgan fingerprint density at radius 1 is 1.54 bits per heavy atom. The lowest BCUT2D eigenvalue weighted by Crippen LogP contribution is -1.98. The van der Waals surface area contributed by atoms with E-state index in [0.717, 1.165) is 12.2 Å². The lowest BCUT2D eigenvalue weighted by Gasteiger charge is -1.98. The molecule has 2 rings (SSSR count). The number of ether oxygens (including phenoxy) is 1. The zero-order valence-electron chi connectivity index (χ0n) is 6.97. The molecule has 0 spiro atoms. The Kier molecular flexibility index (Phi) is 1.98. The highest BCUT2D eigenvalue weighted by molar-refractivity contribution is 5.40. The first-order chi connectivity index (χ1) is 6.27. The highest BCUT2D eigenvalue weighted by Gasteiger charge is 2.26. The summed E-state index contributed by atoms with van der Waals surface area (Å²) < 4.78 is 5.02. The average Bonchev–Trinajstić information content (AvgIpc) is 2.89. The summed E-state index contributed by atoms with van der Waals surface area (Å²) in [5.74, 6) is 0. The van der Waals surface area contributed by atoms with Crippen molar-refractivity contribution in [3.63, 3.8) is 0 Å². The Labute approximate surface area is 75.3 Å². The fourth-order valence-electron chi connectivity index (χ4n) is 1.29. The van der Waals surface area contributed by atoms with E-state index < -0.39 is 0 Å². The van der Waals surface area contributed by atoms with Crippen LogP contribution in [-0.2, 0) is 11.2 Å². The van der Waals surface area contributed by atoms with Crippen molar-refractivity contribution in [1.82, 2.24) is 0 Å². The van der Waals surface area contributed by atoms with Gasteiger partial charge in [-0.1, -0.05) is 18.2 Å². The van der Waals surface area contributed by atoms with Gasteiger partial charge < -0.3 is 4.74 Å². The molecule has 0 saturated carbocycles. The van der Waals surface area contributed by atoms with E-state index >= 15 is 0 Å². The molecule has 13 heavy (non-hydrogen) atoms. The van der Waals surface area contributed by atoms with Gasteiger partial charge in [-0.15, -0.1) is 0 Å². The van der Waals surface area contributed by atoms with Gasteiger partial charge in [0.1, 0.15) is 0 Å². The zero-order chi connectivity index (χ0) is 9.26. The summed E-state index contributed by atoms with van der Waals surface area (Å²) in [6.07, 6.45) is 0.845. The third kappa shape index (κ3) is 1.84.